The predicted octanol–water partition coefficient (Wildman–Crippen LogP) is 6.81. The van der Waals surface area contributed by atoms with Gasteiger partial charge in [0.25, 0.3) is 0 Å². The number of rotatable bonds is 4. The summed E-state index contributed by atoms with van der Waals surface area (Å²) in [5.41, 5.74) is 1.15. The Morgan fingerprint density at radius 3 is 2.54 bits per heavy atom. The van der Waals surface area contributed by atoms with Crippen molar-refractivity contribution in [3.63, 3.8) is 0 Å². The van der Waals surface area contributed by atoms with Gasteiger partial charge in [0.15, 0.2) is 0 Å². The Balaban J connectivity index is 1.83. The molecule has 0 aliphatic carbocycles. The van der Waals surface area contributed by atoms with Gasteiger partial charge >= 0.3 is 0 Å². The number of fused-ring (bicyclic) bond motifs is 1. The summed E-state index contributed by atoms with van der Waals surface area (Å²) in [6, 6.07) is 17.5. The Morgan fingerprint density at radius 1 is 1.00 bits per heavy atom. The van der Waals surface area contributed by atoms with Gasteiger partial charge in [-0.05, 0) is 54.6 Å². The van der Waals surface area contributed by atoms with Crippen LogP contribution in [0.4, 0.5) is 8.78 Å². The van der Waals surface area contributed by atoms with Gasteiger partial charge in [-0.3, -0.25) is 0 Å². The largest absolute Gasteiger partial charge is 0.507 e. The molecule has 3 aromatic carbocycles. The van der Waals surface area contributed by atoms with Gasteiger partial charge < -0.3 is 9.84 Å². The summed E-state index contributed by atoms with van der Waals surface area (Å²) in [6.45, 7) is 0.0735. The van der Waals surface area contributed by atoms with Gasteiger partial charge in [-0.1, -0.05) is 23.7 Å². The Bertz CT molecular complexity index is 1050. The molecule has 1 atom stereocenters. The predicted molar refractivity (Wildman–Crippen MR) is 108 cm³/mol. The fraction of sp³-hybridized carbons (Fsp3) is 0.0909. The highest BCUT2D eigenvalue weighted by Gasteiger charge is 2.30. The lowest BCUT2D eigenvalue weighted by molar-refractivity contribution is 0.328. The smallest absolute Gasteiger partial charge is 0.130 e. The average molecular weight is 417 g/mol. The van der Waals surface area contributed by atoms with Crippen molar-refractivity contribution in [1.29, 1.82) is 0 Å². The number of hydrogen-bond donors (Lipinski definition) is 1. The van der Waals surface area contributed by atoms with Crippen molar-refractivity contribution in [2.24, 2.45) is 0 Å². The van der Waals surface area contributed by atoms with Crippen molar-refractivity contribution in [2.75, 3.05) is 6.61 Å². The van der Waals surface area contributed by atoms with Crippen LogP contribution in [0.1, 0.15) is 16.4 Å². The van der Waals surface area contributed by atoms with Crippen LogP contribution in [0.5, 0.6) is 5.75 Å². The number of para-hydroxylation sites is 1. The third-order valence-corrected chi connectivity index (χ3v) is 6.02. The van der Waals surface area contributed by atoms with Crippen LogP contribution < -0.4 is 4.74 Å². The summed E-state index contributed by atoms with van der Waals surface area (Å²) < 4.78 is 34.3. The van der Waals surface area contributed by atoms with E-state index < -0.39 is 16.9 Å². The van der Waals surface area contributed by atoms with Crippen LogP contribution in [-0.4, -0.2) is 11.7 Å². The lowest BCUT2D eigenvalue weighted by Gasteiger charge is -2.27. The summed E-state index contributed by atoms with van der Waals surface area (Å²) in [5.74, 6) is -0.516. The highest BCUT2D eigenvalue weighted by molar-refractivity contribution is 7.99. The maximum atomic E-state index is 14.6. The normalized spacial score (nSPS) is 14.4. The fourth-order valence-corrected chi connectivity index (χ4v) is 4.39. The minimum Gasteiger partial charge on any atom is -0.507 e. The van der Waals surface area contributed by atoms with E-state index in [1.165, 1.54) is 11.8 Å². The molecule has 1 heterocycles. The average Bonchev–Trinajstić information content (AvgIpc) is 2.70. The molecule has 0 radical (unpaired) electrons. The zero-order chi connectivity index (χ0) is 19.7. The maximum absolute atomic E-state index is 14.6. The van der Waals surface area contributed by atoms with Gasteiger partial charge in [0.05, 0.1) is 10.8 Å². The topological polar surface area (TPSA) is 29.5 Å². The first-order valence-electron chi connectivity index (χ1n) is 8.54. The van der Waals surface area contributed by atoms with E-state index in [1.807, 2.05) is 6.07 Å². The van der Waals surface area contributed by atoms with Crippen molar-refractivity contribution in [3.8, 4) is 5.75 Å². The molecule has 0 saturated heterocycles. The number of halogens is 3. The molecule has 0 saturated carbocycles. The number of aliphatic hydroxyl groups is 1. The molecule has 2 nitrogen and oxygen atoms in total. The standard InChI is InChI=1S/C22H15ClF2O2S/c23-13-5-8-15(9-6-13)28-22(17-11-14(24)7-10-19(17)25)18-12-27-20-4-2-1-3-16(20)21(18)26/h1-11,22,26H,12H2. The van der Waals surface area contributed by atoms with Gasteiger partial charge in [0, 0.05) is 21.1 Å². The number of ether oxygens (including phenoxy) is 1. The molecule has 0 amide bonds. The molecular weight excluding hydrogens is 402 g/mol. The van der Waals surface area contributed by atoms with E-state index in [4.69, 9.17) is 16.3 Å². The van der Waals surface area contributed by atoms with Crippen molar-refractivity contribution >= 4 is 29.1 Å². The van der Waals surface area contributed by atoms with Gasteiger partial charge in [-0.25, -0.2) is 8.78 Å². The third kappa shape index (κ3) is 3.73. The number of thioether (sulfide) groups is 1. The van der Waals surface area contributed by atoms with Crippen LogP contribution in [0.15, 0.2) is 77.2 Å². The summed E-state index contributed by atoms with van der Waals surface area (Å²) >= 11 is 7.25. The molecule has 28 heavy (non-hydrogen) atoms. The van der Waals surface area contributed by atoms with Crippen LogP contribution >= 0.6 is 23.4 Å². The Hall–Kier alpha value is -2.50. The zero-order valence-electron chi connectivity index (χ0n) is 14.5. The molecule has 1 unspecified atom stereocenters. The van der Waals surface area contributed by atoms with Crippen molar-refractivity contribution in [3.05, 3.63) is 100 Å². The number of aliphatic hydroxyl groups excluding tert-OH is 1. The van der Waals surface area contributed by atoms with Crippen LogP contribution in [0.25, 0.3) is 5.76 Å². The first kappa shape index (κ1) is 18.8. The van der Waals surface area contributed by atoms with Crippen LogP contribution in [0.2, 0.25) is 5.02 Å². The summed E-state index contributed by atoms with van der Waals surface area (Å²) in [7, 11) is 0. The second-order valence-corrected chi connectivity index (χ2v) is 7.89. The highest BCUT2D eigenvalue weighted by atomic mass is 35.5. The van der Waals surface area contributed by atoms with E-state index in [-0.39, 0.29) is 17.9 Å². The third-order valence-electron chi connectivity index (χ3n) is 4.45. The van der Waals surface area contributed by atoms with Gasteiger partial charge in [0.1, 0.15) is 29.8 Å². The second kappa shape index (κ2) is 7.86. The molecule has 0 aromatic heterocycles. The Kier molecular flexibility index (Phi) is 5.29. The molecule has 142 valence electrons. The van der Waals surface area contributed by atoms with Crippen molar-refractivity contribution in [2.45, 2.75) is 10.1 Å². The molecule has 1 aliphatic rings. The van der Waals surface area contributed by atoms with E-state index >= 15 is 0 Å². The maximum Gasteiger partial charge on any atom is 0.130 e. The SMILES string of the molecule is OC1=C(C(Sc2ccc(Cl)cc2)c2cc(F)ccc2F)COc2ccccc21. The molecule has 3 aromatic rings. The Labute approximate surface area is 170 Å². The number of hydrogen-bond acceptors (Lipinski definition) is 3. The van der Waals surface area contributed by atoms with Gasteiger partial charge in [-0.2, -0.15) is 0 Å². The summed E-state index contributed by atoms with van der Waals surface area (Å²) in [5, 5.41) is 10.8. The monoisotopic (exact) mass is 416 g/mol. The Morgan fingerprint density at radius 2 is 1.75 bits per heavy atom. The first-order valence-corrected chi connectivity index (χ1v) is 9.80. The molecular formula is C22H15ClF2O2S. The van der Waals surface area contributed by atoms with E-state index in [0.717, 1.165) is 23.1 Å². The molecule has 4 rings (SSSR count). The summed E-state index contributed by atoms with van der Waals surface area (Å²) in [4.78, 5) is 0.803. The van der Waals surface area contributed by atoms with Crippen molar-refractivity contribution in [1.82, 2.24) is 0 Å². The minimum absolute atomic E-state index is 0.0250. The first-order chi connectivity index (χ1) is 13.5. The van der Waals surface area contributed by atoms with Gasteiger partial charge in [0.2, 0.25) is 0 Å². The van der Waals surface area contributed by atoms with E-state index in [0.29, 0.717) is 21.9 Å². The molecule has 6 heteroatoms. The molecule has 0 bridgehead atoms. The molecule has 0 fully saturated rings. The highest BCUT2D eigenvalue weighted by Crippen LogP contribution is 2.46. The molecule has 0 spiro atoms. The lowest BCUT2D eigenvalue weighted by atomic mass is 9.98. The molecule has 1 N–H and O–H groups in total. The molecule has 1 aliphatic heterocycles. The van der Waals surface area contributed by atoms with Gasteiger partial charge in [-0.15, -0.1) is 11.8 Å². The lowest BCUT2D eigenvalue weighted by Crippen LogP contribution is -2.16. The van der Waals surface area contributed by atoms with Crippen molar-refractivity contribution < 1.29 is 18.6 Å². The minimum atomic E-state index is -0.676. The van der Waals surface area contributed by atoms with E-state index in [2.05, 4.69) is 0 Å². The summed E-state index contributed by atoms with van der Waals surface area (Å²) in [6.07, 6.45) is 0. The fourth-order valence-electron chi connectivity index (χ4n) is 3.07. The van der Waals surface area contributed by atoms with Crippen LogP contribution in [0, 0.1) is 11.6 Å². The number of benzene rings is 3. The van der Waals surface area contributed by atoms with E-state index in [1.54, 1.807) is 42.5 Å². The second-order valence-electron chi connectivity index (χ2n) is 6.28. The van der Waals surface area contributed by atoms with E-state index in [9.17, 15) is 13.9 Å². The zero-order valence-corrected chi connectivity index (χ0v) is 16.1. The van der Waals surface area contributed by atoms with Crippen LogP contribution in [0.3, 0.4) is 0 Å². The quantitative estimate of drug-likeness (QED) is 0.473. The van der Waals surface area contributed by atoms with Crippen LogP contribution in [-0.2, 0) is 0 Å².